The number of thioether (sulfide) groups is 1. The zero-order valence-corrected chi connectivity index (χ0v) is 16.6. The molecule has 0 amide bonds. The first-order valence-corrected chi connectivity index (χ1v) is 9.61. The SMILES string of the molecule is CCOC(=O)c1c(C)[nH]c(C(=O)C(C)OC(=O)CSc2ccccc2)c1C. The number of carbonyl (C=O) groups excluding carboxylic acids is 3. The molecular weight excluding hydrogens is 366 g/mol. The van der Waals surface area contributed by atoms with Gasteiger partial charge in [0.25, 0.3) is 0 Å². The molecule has 7 heteroatoms. The van der Waals surface area contributed by atoms with Gasteiger partial charge in [0, 0.05) is 10.6 Å². The van der Waals surface area contributed by atoms with Crippen molar-refractivity contribution in [1.29, 1.82) is 0 Å². The number of esters is 2. The van der Waals surface area contributed by atoms with Gasteiger partial charge < -0.3 is 14.5 Å². The Labute approximate surface area is 162 Å². The first-order valence-electron chi connectivity index (χ1n) is 8.63. The second-order valence-corrected chi connectivity index (χ2v) is 6.99. The first-order chi connectivity index (χ1) is 12.8. The fourth-order valence-corrected chi connectivity index (χ4v) is 3.35. The number of hydrogen-bond acceptors (Lipinski definition) is 6. The summed E-state index contributed by atoms with van der Waals surface area (Å²) in [5.74, 6) is -1.23. The van der Waals surface area contributed by atoms with Crippen LogP contribution in [0.4, 0.5) is 0 Å². The Morgan fingerprint density at radius 3 is 2.44 bits per heavy atom. The number of aryl methyl sites for hydroxylation is 1. The Hall–Kier alpha value is -2.54. The quantitative estimate of drug-likeness (QED) is 0.421. The molecule has 1 unspecified atom stereocenters. The van der Waals surface area contributed by atoms with Gasteiger partial charge >= 0.3 is 11.9 Å². The van der Waals surface area contributed by atoms with Gasteiger partial charge in [0.1, 0.15) is 0 Å². The summed E-state index contributed by atoms with van der Waals surface area (Å²) in [5, 5.41) is 0. The minimum Gasteiger partial charge on any atom is -0.462 e. The van der Waals surface area contributed by atoms with Crippen molar-refractivity contribution in [2.75, 3.05) is 12.4 Å². The lowest BCUT2D eigenvalue weighted by molar-refractivity contribution is -0.143. The number of Topliss-reactive ketones (excluding diaryl/α,β-unsaturated/α-hetero) is 1. The highest BCUT2D eigenvalue weighted by molar-refractivity contribution is 8.00. The number of ketones is 1. The summed E-state index contributed by atoms with van der Waals surface area (Å²) in [6.45, 7) is 6.86. The van der Waals surface area contributed by atoms with E-state index in [0.29, 0.717) is 16.8 Å². The highest BCUT2D eigenvalue weighted by Crippen LogP contribution is 2.22. The molecule has 6 nitrogen and oxygen atoms in total. The summed E-state index contributed by atoms with van der Waals surface area (Å²) in [6.07, 6.45) is -0.958. The zero-order chi connectivity index (χ0) is 20.0. The lowest BCUT2D eigenvalue weighted by Gasteiger charge is -2.12. The molecule has 0 bridgehead atoms. The number of benzene rings is 1. The second-order valence-electron chi connectivity index (χ2n) is 5.94. The minimum absolute atomic E-state index is 0.110. The molecule has 0 saturated carbocycles. The third-order valence-electron chi connectivity index (χ3n) is 3.94. The number of H-pyrrole nitrogens is 1. The van der Waals surface area contributed by atoms with Gasteiger partial charge in [-0.1, -0.05) is 18.2 Å². The van der Waals surface area contributed by atoms with Crippen LogP contribution in [-0.4, -0.2) is 41.2 Å². The Morgan fingerprint density at radius 1 is 1.15 bits per heavy atom. The monoisotopic (exact) mass is 389 g/mol. The molecule has 1 aromatic heterocycles. The van der Waals surface area contributed by atoms with Crippen LogP contribution in [0.1, 0.15) is 46.0 Å². The predicted molar refractivity (Wildman–Crippen MR) is 103 cm³/mol. The Bertz CT molecular complexity index is 828. The van der Waals surface area contributed by atoms with E-state index in [-0.39, 0.29) is 23.8 Å². The van der Waals surface area contributed by atoms with Crippen LogP contribution < -0.4 is 0 Å². The number of hydrogen-bond donors (Lipinski definition) is 1. The summed E-state index contributed by atoms with van der Waals surface area (Å²) in [7, 11) is 0. The number of nitrogens with one attached hydrogen (secondary N) is 1. The average Bonchev–Trinajstić information content (AvgIpc) is 2.94. The van der Waals surface area contributed by atoms with Crippen molar-refractivity contribution in [2.45, 2.75) is 38.7 Å². The van der Waals surface area contributed by atoms with E-state index in [0.717, 1.165) is 4.90 Å². The van der Waals surface area contributed by atoms with Crippen LogP contribution in [0, 0.1) is 13.8 Å². The van der Waals surface area contributed by atoms with Gasteiger partial charge in [-0.15, -0.1) is 11.8 Å². The van der Waals surface area contributed by atoms with E-state index in [1.54, 1.807) is 20.8 Å². The van der Waals surface area contributed by atoms with Crippen LogP contribution in [0.25, 0.3) is 0 Å². The standard InChI is InChI=1S/C20H23NO5S/c1-5-25-20(24)17-12(2)18(21-13(17)3)19(23)14(4)26-16(22)11-27-15-9-7-6-8-10-15/h6-10,14,21H,5,11H2,1-4H3. The third-order valence-corrected chi connectivity index (χ3v) is 4.93. The summed E-state index contributed by atoms with van der Waals surface area (Å²) in [4.78, 5) is 40.6. The van der Waals surface area contributed by atoms with Gasteiger partial charge in [0.2, 0.25) is 5.78 Å². The van der Waals surface area contributed by atoms with Gasteiger partial charge in [0.15, 0.2) is 6.10 Å². The molecule has 0 aliphatic heterocycles. The van der Waals surface area contributed by atoms with Crippen molar-refractivity contribution < 1.29 is 23.9 Å². The lowest BCUT2D eigenvalue weighted by Crippen LogP contribution is -2.26. The van der Waals surface area contributed by atoms with Crippen molar-refractivity contribution in [3.63, 3.8) is 0 Å². The molecule has 0 spiro atoms. The molecular formula is C20H23NO5S. The molecule has 1 N–H and O–H groups in total. The number of aromatic nitrogens is 1. The van der Waals surface area contributed by atoms with Gasteiger partial charge in [-0.2, -0.15) is 0 Å². The summed E-state index contributed by atoms with van der Waals surface area (Å²) in [6, 6.07) is 9.46. The van der Waals surface area contributed by atoms with Gasteiger partial charge in [0.05, 0.1) is 23.6 Å². The van der Waals surface area contributed by atoms with E-state index >= 15 is 0 Å². The highest BCUT2D eigenvalue weighted by atomic mass is 32.2. The largest absolute Gasteiger partial charge is 0.462 e. The van der Waals surface area contributed by atoms with E-state index < -0.39 is 18.0 Å². The van der Waals surface area contributed by atoms with E-state index in [1.807, 2.05) is 30.3 Å². The van der Waals surface area contributed by atoms with Gasteiger partial charge in [-0.3, -0.25) is 9.59 Å². The fraction of sp³-hybridized carbons (Fsp3) is 0.350. The molecule has 27 heavy (non-hydrogen) atoms. The maximum absolute atomic E-state index is 12.7. The molecule has 0 aliphatic rings. The lowest BCUT2D eigenvalue weighted by atomic mass is 10.1. The summed E-state index contributed by atoms with van der Waals surface area (Å²) in [5.41, 5.74) is 1.65. The van der Waals surface area contributed by atoms with Crippen LogP contribution >= 0.6 is 11.8 Å². The minimum atomic E-state index is -0.958. The highest BCUT2D eigenvalue weighted by Gasteiger charge is 2.27. The molecule has 1 heterocycles. The van der Waals surface area contributed by atoms with Gasteiger partial charge in [-0.25, -0.2) is 4.79 Å². The second kappa shape index (κ2) is 9.41. The number of aromatic amines is 1. The third kappa shape index (κ3) is 5.23. The molecule has 2 rings (SSSR count). The summed E-state index contributed by atoms with van der Waals surface area (Å²) >= 11 is 1.34. The van der Waals surface area contributed by atoms with Crippen molar-refractivity contribution in [3.8, 4) is 0 Å². The number of ether oxygens (including phenoxy) is 2. The number of carbonyl (C=O) groups is 3. The maximum atomic E-state index is 12.7. The van der Waals surface area contributed by atoms with E-state index in [2.05, 4.69) is 4.98 Å². The Morgan fingerprint density at radius 2 is 1.81 bits per heavy atom. The smallest absolute Gasteiger partial charge is 0.340 e. The molecule has 1 atom stereocenters. The topological polar surface area (TPSA) is 85.5 Å². The normalized spacial score (nSPS) is 11.7. The molecule has 0 aliphatic carbocycles. The van der Waals surface area contributed by atoms with Crippen LogP contribution in [0.5, 0.6) is 0 Å². The van der Waals surface area contributed by atoms with Crippen molar-refractivity contribution in [2.24, 2.45) is 0 Å². The molecule has 2 aromatic rings. The van der Waals surface area contributed by atoms with Crippen molar-refractivity contribution >= 4 is 29.5 Å². The molecule has 144 valence electrons. The summed E-state index contributed by atoms with van der Waals surface area (Å²) < 4.78 is 10.3. The first kappa shape index (κ1) is 20.8. The van der Waals surface area contributed by atoms with Crippen LogP contribution in [0.2, 0.25) is 0 Å². The van der Waals surface area contributed by atoms with E-state index in [1.165, 1.54) is 18.7 Å². The molecule has 1 aromatic carbocycles. The molecule has 0 saturated heterocycles. The van der Waals surface area contributed by atoms with E-state index in [4.69, 9.17) is 9.47 Å². The molecule has 0 radical (unpaired) electrons. The van der Waals surface area contributed by atoms with E-state index in [9.17, 15) is 14.4 Å². The Kier molecular flexibility index (Phi) is 7.24. The Balaban J connectivity index is 2.01. The zero-order valence-electron chi connectivity index (χ0n) is 15.8. The van der Waals surface area contributed by atoms with Crippen LogP contribution in [0.15, 0.2) is 35.2 Å². The van der Waals surface area contributed by atoms with Crippen LogP contribution in [0.3, 0.4) is 0 Å². The molecule has 0 fully saturated rings. The van der Waals surface area contributed by atoms with Gasteiger partial charge in [-0.05, 0) is 45.4 Å². The maximum Gasteiger partial charge on any atom is 0.340 e. The predicted octanol–water partition coefficient (Wildman–Crippen LogP) is 3.71. The average molecular weight is 389 g/mol. The number of rotatable bonds is 8. The fourth-order valence-electron chi connectivity index (χ4n) is 2.65. The van der Waals surface area contributed by atoms with Crippen molar-refractivity contribution in [3.05, 3.63) is 52.8 Å². The van der Waals surface area contributed by atoms with Crippen molar-refractivity contribution in [1.82, 2.24) is 4.98 Å². The van der Waals surface area contributed by atoms with Crippen LogP contribution in [-0.2, 0) is 14.3 Å².